The van der Waals surface area contributed by atoms with E-state index in [2.05, 4.69) is 29.2 Å². The highest BCUT2D eigenvalue weighted by molar-refractivity contribution is 6.33. The third-order valence-corrected chi connectivity index (χ3v) is 3.63. The van der Waals surface area contributed by atoms with Crippen molar-refractivity contribution in [3.63, 3.8) is 0 Å². The van der Waals surface area contributed by atoms with E-state index >= 15 is 0 Å². The van der Waals surface area contributed by atoms with E-state index in [0.29, 0.717) is 34.4 Å². The molecule has 0 atom stereocenters. The number of rotatable bonds is 3. The second-order valence-corrected chi connectivity index (χ2v) is 5.27. The zero-order valence-corrected chi connectivity index (χ0v) is 12.3. The number of aromatic nitrogens is 2. The van der Waals surface area contributed by atoms with E-state index in [4.69, 9.17) is 21.9 Å². The van der Waals surface area contributed by atoms with Crippen molar-refractivity contribution in [2.45, 2.75) is 13.3 Å². The van der Waals surface area contributed by atoms with Gasteiger partial charge in [0.05, 0.1) is 10.6 Å². The van der Waals surface area contributed by atoms with Crippen molar-refractivity contribution >= 4 is 17.3 Å². The van der Waals surface area contributed by atoms with Gasteiger partial charge in [0.25, 0.3) is 5.89 Å². The van der Waals surface area contributed by atoms with Gasteiger partial charge in [-0.1, -0.05) is 41.0 Å². The zero-order valence-electron chi connectivity index (χ0n) is 11.5. The SMILES string of the molecule is Cc1ccccc1Cc1noc(-c2cc(N)ccc2Cl)n1. The molecule has 0 saturated carbocycles. The molecule has 0 saturated heterocycles. The lowest BCUT2D eigenvalue weighted by Gasteiger charge is -2.01. The molecule has 21 heavy (non-hydrogen) atoms. The zero-order chi connectivity index (χ0) is 14.8. The molecule has 2 aromatic carbocycles. The van der Waals surface area contributed by atoms with E-state index in [9.17, 15) is 0 Å². The number of hydrogen-bond acceptors (Lipinski definition) is 4. The van der Waals surface area contributed by atoms with Gasteiger partial charge in [0.2, 0.25) is 0 Å². The topological polar surface area (TPSA) is 64.9 Å². The van der Waals surface area contributed by atoms with Gasteiger partial charge < -0.3 is 10.3 Å². The number of halogens is 1. The van der Waals surface area contributed by atoms with Crippen molar-refractivity contribution in [1.82, 2.24) is 10.1 Å². The average Bonchev–Trinajstić information content (AvgIpc) is 2.92. The van der Waals surface area contributed by atoms with Gasteiger partial charge in [0.15, 0.2) is 5.82 Å². The summed E-state index contributed by atoms with van der Waals surface area (Å²) in [4.78, 5) is 4.40. The summed E-state index contributed by atoms with van der Waals surface area (Å²) in [6, 6.07) is 13.3. The van der Waals surface area contributed by atoms with Gasteiger partial charge in [-0.15, -0.1) is 0 Å². The van der Waals surface area contributed by atoms with Crippen LogP contribution in [0, 0.1) is 6.92 Å². The Morgan fingerprint density at radius 2 is 2.00 bits per heavy atom. The molecule has 2 N–H and O–H groups in total. The van der Waals surface area contributed by atoms with Gasteiger partial charge in [-0.05, 0) is 36.2 Å². The Kier molecular flexibility index (Phi) is 3.62. The van der Waals surface area contributed by atoms with Gasteiger partial charge in [0.1, 0.15) is 0 Å². The van der Waals surface area contributed by atoms with E-state index in [1.807, 2.05) is 12.1 Å². The molecule has 0 aliphatic rings. The van der Waals surface area contributed by atoms with Gasteiger partial charge in [-0.3, -0.25) is 0 Å². The minimum atomic E-state index is 0.385. The lowest BCUT2D eigenvalue weighted by Crippen LogP contribution is -1.93. The Morgan fingerprint density at radius 1 is 1.19 bits per heavy atom. The minimum Gasteiger partial charge on any atom is -0.399 e. The van der Waals surface area contributed by atoms with Crippen LogP contribution in [0.25, 0.3) is 11.5 Å². The Bertz CT molecular complexity index is 783. The van der Waals surface area contributed by atoms with Crippen LogP contribution in [0.15, 0.2) is 47.0 Å². The van der Waals surface area contributed by atoms with Crippen LogP contribution in [0.5, 0.6) is 0 Å². The monoisotopic (exact) mass is 299 g/mol. The van der Waals surface area contributed by atoms with Crippen LogP contribution in [0.1, 0.15) is 17.0 Å². The Morgan fingerprint density at radius 3 is 2.81 bits per heavy atom. The van der Waals surface area contributed by atoms with Crippen molar-refractivity contribution < 1.29 is 4.52 Å². The molecule has 0 radical (unpaired) electrons. The standard InChI is InChI=1S/C16H14ClN3O/c1-10-4-2-3-5-11(10)8-15-19-16(21-20-15)13-9-12(18)6-7-14(13)17/h2-7,9H,8,18H2,1H3. The molecule has 0 aliphatic heterocycles. The molecule has 4 nitrogen and oxygen atoms in total. The number of nitrogens with two attached hydrogens (primary N) is 1. The van der Waals surface area contributed by atoms with Crippen LogP contribution in [0.3, 0.4) is 0 Å². The van der Waals surface area contributed by atoms with Crippen molar-refractivity contribution in [1.29, 1.82) is 0 Å². The number of nitrogen functional groups attached to an aromatic ring is 1. The highest BCUT2D eigenvalue weighted by Crippen LogP contribution is 2.28. The molecular weight excluding hydrogens is 286 g/mol. The molecular formula is C16H14ClN3O. The highest BCUT2D eigenvalue weighted by Gasteiger charge is 2.13. The summed E-state index contributed by atoms with van der Waals surface area (Å²) in [5, 5.41) is 4.55. The van der Waals surface area contributed by atoms with Crippen molar-refractivity contribution in [2.24, 2.45) is 0 Å². The summed E-state index contributed by atoms with van der Waals surface area (Å²) < 4.78 is 5.30. The largest absolute Gasteiger partial charge is 0.399 e. The second-order valence-electron chi connectivity index (χ2n) is 4.86. The van der Waals surface area contributed by atoms with E-state index < -0.39 is 0 Å². The molecule has 0 spiro atoms. The first-order chi connectivity index (χ1) is 10.1. The van der Waals surface area contributed by atoms with Crippen molar-refractivity contribution in [2.75, 3.05) is 5.73 Å². The molecule has 0 fully saturated rings. The molecule has 0 unspecified atom stereocenters. The molecule has 0 aliphatic carbocycles. The number of benzene rings is 2. The highest BCUT2D eigenvalue weighted by atomic mass is 35.5. The Balaban J connectivity index is 1.90. The molecule has 0 amide bonds. The molecule has 0 bridgehead atoms. The summed E-state index contributed by atoms with van der Waals surface area (Å²) in [5.41, 5.74) is 9.39. The van der Waals surface area contributed by atoms with Crippen molar-refractivity contribution in [3.8, 4) is 11.5 Å². The Hall–Kier alpha value is -2.33. The molecule has 1 aromatic heterocycles. The maximum absolute atomic E-state index is 6.14. The summed E-state index contributed by atoms with van der Waals surface area (Å²) in [7, 11) is 0. The summed E-state index contributed by atoms with van der Waals surface area (Å²) in [6.07, 6.45) is 0.621. The van der Waals surface area contributed by atoms with Crippen LogP contribution in [-0.4, -0.2) is 10.1 Å². The summed E-state index contributed by atoms with van der Waals surface area (Å²) in [6.45, 7) is 2.06. The fraction of sp³-hybridized carbons (Fsp3) is 0.125. The van der Waals surface area contributed by atoms with Gasteiger partial charge in [-0.25, -0.2) is 0 Å². The third kappa shape index (κ3) is 2.90. The quantitative estimate of drug-likeness (QED) is 0.746. The van der Waals surface area contributed by atoms with Gasteiger partial charge >= 0.3 is 0 Å². The normalized spacial score (nSPS) is 10.8. The summed E-state index contributed by atoms with van der Waals surface area (Å²) >= 11 is 6.14. The predicted molar refractivity (Wildman–Crippen MR) is 83.1 cm³/mol. The molecule has 3 aromatic rings. The van der Waals surface area contributed by atoms with Crippen molar-refractivity contribution in [3.05, 3.63) is 64.4 Å². The molecule has 3 rings (SSSR count). The lowest BCUT2D eigenvalue weighted by molar-refractivity contribution is 0.424. The van der Waals surface area contributed by atoms with Crippen LogP contribution < -0.4 is 5.73 Å². The fourth-order valence-electron chi connectivity index (χ4n) is 2.12. The van der Waals surface area contributed by atoms with Crippen LogP contribution in [-0.2, 0) is 6.42 Å². The number of anilines is 1. The molecule has 106 valence electrons. The van der Waals surface area contributed by atoms with Crippen LogP contribution in [0.2, 0.25) is 5.02 Å². The van der Waals surface area contributed by atoms with E-state index in [0.717, 1.165) is 0 Å². The smallest absolute Gasteiger partial charge is 0.259 e. The maximum Gasteiger partial charge on any atom is 0.259 e. The predicted octanol–water partition coefficient (Wildman–Crippen LogP) is 3.87. The second kappa shape index (κ2) is 5.58. The van der Waals surface area contributed by atoms with Gasteiger partial charge in [0, 0.05) is 12.1 Å². The first-order valence-corrected chi connectivity index (χ1v) is 6.94. The average molecular weight is 300 g/mol. The number of nitrogens with zero attached hydrogens (tertiary/aromatic N) is 2. The van der Waals surface area contributed by atoms with E-state index in [1.165, 1.54) is 11.1 Å². The number of hydrogen-bond donors (Lipinski definition) is 1. The molecule has 5 heteroatoms. The Labute approximate surface area is 127 Å². The first-order valence-electron chi connectivity index (χ1n) is 6.56. The fourth-order valence-corrected chi connectivity index (χ4v) is 2.32. The van der Waals surface area contributed by atoms with E-state index in [-0.39, 0.29) is 0 Å². The maximum atomic E-state index is 6.14. The third-order valence-electron chi connectivity index (χ3n) is 3.30. The van der Waals surface area contributed by atoms with E-state index in [1.54, 1.807) is 18.2 Å². The summed E-state index contributed by atoms with van der Waals surface area (Å²) in [5.74, 6) is 1.01. The first kappa shape index (κ1) is 13.6. The lowest BCUT2D eigenvalue weighted by atomic mass is 10.1. The molecule has 1 heterocycles. The van der Waals surface area contributed by atoms with Crippen LogP contribution in [0.4, 0.5) is 5.69 Å². The van der Waals surface area contributed by atoms with Gasteiger partial charge in [-0.2, -0.15) is 4.98 Å². The van der Waals surface area contributed by atoms with Crippen LogP contribution >= 0.6 is 11.6 Å². The number of aryl methyl sites for hydroxylation is 1. The minimum absolute atomic E-state index is 0.385.